The first kappa shape index (κ1) is 17.6. The van der Waals surface area contributed by atoms with Gasteiger partial charge < -0.3 is 15.2 Å². The van der Waals surface area contributed by atoms with Crippen molar-refractivity contribution in [3.63, 3.8) is 0 Å². The fourth-order valence-corrected chi connectivity index (χ4v) is 2.47. The molecule has 0 amide bonds. The lowest BCUT2D eigenvalue weighted by molar-refractivity contribution is 0.418. The summed E-state index contributed by atoms with van der Waals surface area (Å²) in [5.74, 6) is 1.78. The molecule has 0 saturated heterocycles. The highest BCUT2D eigenvalue weighted by molar-refractivity contribution is 6.29. The van der Waals surface area contributed by atoms with Crippen molar-refractivity contribution in [2.45, 2.75) is 0 Å². The molecule has 0 aliphatic carbocycles. The minimum Gasteiger partial charge on any atom is -0.494 e. The monoisotopic (exact) mass is 369 g/mol. The molecule has 0 atom stereocenters. The first-order valence-electron chi connectivity index (χ1n) is 7.63. The predicted molar refractivity (Wildman–Crippen MR) is 102 cm³/mol. The number of aromatic nitrogens is 4. The average Bonchev–Trinajstić information content (AvgIpc) is 2.67. The maximum atomic E-state index is 5.72. The number of hydrogen-bond donors (Lipinski definition) is 1. The second-order valence-corrected chi connectivity index (χ2v) is 5.53. The summed E-state index contributed by atoms with van der Waals surface area (Å²) >= 11 is 5.72. The van der Waals surface area contributed by atoms with Crippen molar-refractivity contribution in [3.05, 3.63) is 53.9 Å². The summed E-state index contributed by atoms with van der Waals surface area (Å²) in [5, 5.41) is 0.372. The van der Waals surface area contributed by atoms with Gasteiger partial charge >= 0.3 is 0 Å². The maximum Gasteiger partial charge on any atom is 0.148 e. The van der Waals surface area contributed by atoms with E-state index in [-0.39, 0.29) is 0 Å². The number of hydrogen-bond acceptors (Lipinski definition) is 7. The minimum absolute atomic E-state index is 0.372. The lowest BCUT2D eigenvalue weighted by atomic mass is 10.3. The SMILES string of the molecule is COc1cccc2ncc(Cl)nc12.COc1cccc2ncc(N)nc12. The Morgan fingerprint density at radius 2 is 1.35 bits per heavy atom. The standard InChI is InChI=1S/C9H7ClN2O.C9H9N3O/c2*1-13-7-4-2-3-6-9(7)12-8(10)5-11-6/h2-5H,1H3;2-5H,1H3,(H2,10,12). The molecule has 2 aromatic carbocycles. The summed E-state index contributed by atoms with van der Waals surface area (Å²) in [5.41, 5.74) is 8.48. The van der Waals surface area contributed by atoms with Crippen LogP contribution >= 0.6 is 11.6 Å². The van der Waals surface area contributed by atoms with Gasteiger partial charge in [0.05, 0.1) is 37.6 Å². The van der Waals surface area contributed by atoms with Crippen LogP contribution in [0.3, 0.4) is 0 Å². The van der Waals surface area contributed by atoms with E-state index in [0.29, 0.717) is 33.5 Å². The van der Waals surface area contributed by atoms with Crippen molar-refractivity contribution in [2.75, 3.05) is 20.0 Å². The van der Waals surface area contributed by atoms with Gasteiger partial charge in [-0.3, -0.25) is 9.97 Å². The summed E-state index contributed by atoms with van der Waals surface area (Å²) in [6.07, 6.45) is 3.05. The molecular formula is C18H16ClN5O2. The summed E-state index contributed by atoms with van der Waals surface area (Å²) in [7, 11) is 3.19. The molecule has 4 rings (SSSR count). The molecule has 0 saturated carbocycles. The molecular weight excluding hydrogens is 354 g/mol. The van der Waals surface area contributed by atoms with E-state index in [0.717, 1.165) is 11.0 Å². The highest BCUT2D eigenvalue weighted by Gasteiger charge is 2.04. The van der Waals surface area contributed by atoms with Crippen molar-refractivity contribution in [1.82, 2.24) is 19.9 Å². The van der Waals surface area contributed by atoms with E-state index in [1.54, 1.807) is 14.2 Å². The van der Waals surface area contributed by atoms with Crippen LogP contribution in [0.4, 0.5) is 5.82 Å². The number of para-hydroxylation sites is 2. The van der Waals surface area contributed by atoms with E-state index in [2.05, 4.69) is 19.9 Å². The van der Waals surface area contributed by atoms with E-state index >= 15 is 0 Å². The Labute approximate surface area is 154 Å². The largest absolute Gasteiger partial charge is 0.494 e. The van der Waals surface area contributed by atoms with Gasteiger partial charge in [-0.25, -0.2) is 9.97 Å². The zero-order valence-electron chi connectivity index (χ0n) is 14.2. The van der Waals surface area contributed by atoms with Crippen LogP contribution in [0.15, 0.2) is 48.8 Å². The molecule has 8 heteroatoms. The molecule has 7 nitrogen and oxygen atoms in total. The van der Waals surface area contributed by atoms with Crippen LogP contribution in [0.2, 0.25) is 5.15 Å². The van der Waals surface area contributed by atoms with Crippen LogP contribution in [0.1, 0.15) is 0 Å². The fourth-order valence-electron chi connectivity index (χ4n) is 2.34. The predicted octanol–water partition coefficient (Wildman–Crippen LogP) is 3.51. The number of nitrogens with zero attached hydrogens (tertiary/aromatic N) is 4. The van der Waals surface area contributed by atoms with E-state index in [4.69, 9.17) is 26.8 Å². The minimum atomic E-state index is 0.372. The number of nitrogens with two attached hydrogens (primary N) is 1. The van der Waals surface area contributed by atoms with E-state index in [1.807, 2.05) is 36.4 Å². The molecule has 0 bridgehead atoms. The Morgan fingerprint density at radius 1 is 0.808 bits per heavy atom. The van der Waals surface area contributed by atoms with Crippen molar-refractivity contribution in [1.29, 1.82) is 0 Å². The van der Waals surface area contributed by atoms with Gasteiger partial charge in [0.15, 0.2) is 0 Å². The Kier molecular flexibility index (Phi) is 5.28. The lowest BCUT2D eigenvalue weighted by Gasteiger charge is -2.03. The van der Waals surface area contributed by atoms with Crippen LogP contribution in [0.5, 0.6) is 11.5 Å². The third kappa shape index (κ3) is 3.73. The second kappa shape index (κ2) is 7.79. The van der Waals surface area contributed by atoms with Crippen molar-refractivity contribution >= 4 is 39.5 Å². The quantitative estimate of drug-likeness (QED) is 0.577. The molecule has 0 aliphatic heterocycles. The van der Waals surface area contributed by atoms with Crippen molar-refractivity contribution in [2.24, 2.45) is 0 Å². The number of methoxy groups -OCH3 is 2. The van der Waals surface area contributed by atoms with E-state index < -0.39 is 0 Å². The maximum absolute atomic E-state index is 5.72. The molecule has 0 radical (unpaired) electrons. The van der Waals surface area contributed by atoms with Gasteiger partial charge in [0.2, 0.25) is 0 Å². The zero-order valence-corrected chi connectivity index (χ0v) is 14.9. The fraction of sp³-hybridized carbons (Fsp3) is 0.111. The molecule has 26 heavy (non-hydrogen) atoms. The Hall–Kier alpha value is -3.19. The Morgan fingerprint density at radius 3 is 1.92 bits per heavy atom. The third-order valence-electron chi connectivity index (χ3n) is 3.50. The van der Waals surface area contributed by atoms with Gasteiger partial charge in [0.25, 0.3) is 0 Å². The molecule has 0 fully saturated rings. The molecule has 2 heterocycles. The molecule has 0 aliphatic rings. The van der Waals surface area contributed by atoms with Gasteiger partial charge in [-0.15, -0.1) is 0 Å². The van der Waals surface area contributed by atoms with Crippen LogP contribution in [-0.4, -0.2) is 34.2 Å². The van der Waals surface area contributed by atoms with Gasteiger partial charge in [-0.2, -0.15) is 0 Å². The Bertz CT molecular complexity index is 973. The molecule has 0 spiro atoms. The van der Waals surface area contributed by atoms with Crippen molar-refractivity contribution < 1.29 is 9.47 Å². The number of ether oxygens (including phenoxy) is 2. The van der Waals surface area contributed by atoms with Gasteiger partial charge in [0, 0.05) is 0 Å². The summed E-state index contributed by atoms with van der Waals surface area (Å²) in [4.78, 5) is 16.5. The van der Waals surface area contributed by atoms with Crippen LogP contribution < -0.4 is 15.2 Å². The lowest BCUT2D eigenvalue weighted by Crippen LogP contribution is -1.94. The van der Waals surface area contributed by atoms with Gasteiger partial charge in [-0.1, -0.05) is 23.7 Å². The molecule has 132 valence electrons. The Balaban J connectivity index is 0.000000151. The van der Waals surface area contributed by atoms with E-state index in [1.165, 1.54) is 12.4 Å². The normalized spacial score (nSPS) is 10.3. The van der Waals surface area contributed by atoms with Gasteiger partial charge in [-0.05, 0) is 24.3 Å². The van der Waals surface area contributed by atoms with E-state index in [9.17, 15) is 0 Å². The number of anilines is 1. The first-order chi connectivity index (χ1) is 12.6. The number of nitrogen functional groups attached to an aromatic ring is 1. The van der Waals surface area contributed by atoms with Crippen LogP contribution in [-0.2, 0) is 0 Å². The van der Waals surface area contributed by atoms with Crippen LogP contribution in [0, 0.1) is 0 Å². The molecule has 2 N–H and O–H groups in total. The average molecular weight is 370 g/mol. The summed E-state index contributed by atoms with van der Waals surface area (Å²) < 4.78 is 10.2. The zero-order chi connectivity index (χ0) is 18.5. The van der Waals surface area contributed by atoms with Crippen LogP contribution in [0.25, 0.3) is 22.1 Å². The highest BCUT2D eigenvalue weighted by atomic mass is 35.5. The molecule has 4 aromatic rings. The highest BCUT2D eigenvalue weighted by Crippen LogP contribution is 2.23. The number of halogens is 1. The number of benzene rings is 2. The summed E-state index contributed by atoms with van der Waals surface area (Å²) in [6.45, 7) is 0. The topological polar surface area (TPSA) is 96.0 Å². The summed E-state index contributed by atoms with van der Waals surface area (Å²) in [6, 6.07) is 11.1. The number of fused-ring (bicyclic) bond motifs is 2. The molecule has 0 unspecified atom stereocenters. The van der Waals surface area contributed by atoms with Crippen molar-refractivity contribution in [3.8, 4) is 11.5 Å². The van der Waals surface area contributed by atoms with Gasteiger partial charge in [0.1, 0.15) is 33.5 Å². The third-order valence-corrected chi connectivity index (χ3v) is 3.68. The number of rotatable bonds is 2. The second-order valence-electron chi connectivity index (χ2n) is 5.14. The molecule has 2 aromatic heterocycles. The first-order valence-corrected chi connectivity index (χ1v) is 8.00. The smallest absolute Gasteiger partial charge is 0.148 e.